The molecule has 0 saturated heterocycles. The Bertz CT molecular complexity index is 1490. The molecule has 0 saturated carbocycles. The predicted octanol–water partition coefficient (Wildman–Crippen LogP) is 9.42. The van der Waals surface area contributed by atoms with E-state index in [1.807, 2.05) is 24.3 Å². The maximum atomic E-state index is 12.7. The summed E-state index contributed by atoms with van der Waals surface area (Å²) in [6.07, 6.45) is 12.4. The van der Waals surface area contributed by atoms with E-state index in [2.05, 4.69) is 30.6 Å². The molecular weight excluding hydrogens is 522 g/mol. The van der Waals surface area contributed by atoms with Gasteiger partial charge in [0.05, 0.1) is 16.8 Å². The van der Waals surface area contributed by atoms with Crippen LogP contribution in [-0.2, 0) is 6.42 Å². The lowest BCUT2D eigenvalue weighted by Gasteiger charge is -2.08. The topological polar surface area (TPSA) is 65.0 Å². The van der Waals surface area contributed by atoms with E-state index in [4.69, 9.17) is 9.47 Å². The van der Waals surface area contributed by atoms with Crippen molar-refractivity contribution in [3.63, 3.8) is 0 Å². The summed E-state index contributed by atoms with van der Waals surface area (Å²) in [7, 11) is 0. The van der Waals surface area contributed by atoms with Crippen LogP contribution in [0.4, 0.5) is 5.69 Å². The second kappa shape index (κ2) is 15.9. The van der Waals surface area contributed by atoms with Crippen LogP contribution in [0, 0.1) is 0 Å². The Morgan fingerprint density at radius 2 is 1.24 bits per heavy atom. The third-order valence-electron chi connectivity index (χ3n) is 6.87. The van der Waals surface area contributed by atoms with Gasteiger partial charge in [-0.05, 0) is 78.1 Å². The Morgan fingerprint density at radius 1 is 0.690 bits per heavy atom. The van der Waals surface area contributed by atoms with Crippen molar-refractivity contribution in [2.45, 2.75) is 51.9 Å². The van der Waals surface area contributed by atoms with Crippen molar-refractivity contribution in [3.8, 4) is 11.5 Å². The van der Waals surface area contributed by atoms with E-state index in [-0.39, 0.29) is 11.5 Å². The van der Waals surface area contributed by atoms with Crippen LogP contribution in [0.1, 0.15) is 82.9 Å². The molecule has 0 heterocycles. The zero-order valence-electron chi connectivity index (χ0n) is 24.1. The molecule has 0 unspecified atom stereocenters. The summed E-state index contributed by atoms with van der Waals surface area (Å²) >= 11 is 0. The minimum Gasteiger partial charge on any atom is -0.423 e. The lowest BCUT2D eigenvalue weighted by molar-refractivity contribution is 0.0733. The van der Waals surface area contributed by atoms with Crippen molar-refractivity contribution in [3.05, 3.63) is 131 Å². The van der Waals surface area contributed by atoms with Crippen molar-refractivity contribution in [2.75, 3.05) is 0 Å². The summed E-state index contributed by atoms with van der Waals surface area (Å²) in [4.78, 5) is 29.8. The van der Waals surface area contributed by atoms with Gasteiger partial charge in [-0.25, -0.2) is 9.59 Å². The van der Waals surface area contributed by atoms with Crippen molar-refractivity contribution < 1.29 is 19.1 Å². The second-order valence-corrected chi connectivity index (χ2v) is 10.1. The molecule has 0 atom stereocenters. The highest BCUT2D eigenvalue weighted by Gasteiger charge is 2.12. The summed E-state index contributed by atoms with van der Waals surface area (Å²) in [5, 5.41) is 0. The maximum Gasteiger partial charge on any atom is 0.343 e. The molecule has 5 heteroatoms. The second-order valence-electron chi connectivity index (χ2n) is 10.1. The van der Waals surface area contributed by atoms with Crippen LogP contribution in [0.2, 0.25) is 0 Å². The molecule has 0 amide bonds. The first-order chi connectivity index (χ1) is 20.5. The molecule has 0 spiro atoms. The number of benzene rings is 4. The molecule has 214 valence electrons. The summed E-state index contributed by atoms with van der Waals surface area (Å²) in [5.74, 6) is -0.462. The van der Waals surface area contributed by atoms with E-state index in [1.54, 1.807) is 66.9 Å². The first-order valence-electron chi connectivity index (χ1n) is 14.5. The van der Waals surface area contributed by atoms with Crippen LogP contribution in [-0.4, -0.2) is 18.2 Å². The molecule has 0 N–H and O–H groups in total. The molecule has 0 aliphatic carbocycles. The standard InChI is InChI=1S/C37H37NO4/c1-3-5-6-7-8-9-11-29-18-24-33(25-19-29)38-27-30-16-22-32(23-17-30)37(40)42-35-13-10-12-34(26-35)41-36(39)31-20-14-28(4-2)15-21-31/h4,10,12-27H,2-3,5-9,11H2,1H3. The molecule has 0 aliphatic heterocycles. The van der Waals surface area contributed by atoms with Crippen LogP contribution in [0.15, 0.2) is 109 Å². The van der Waals surface area contributed by atoms with Gasteiger partial charge in [-0.3, -0.25) is 4.99 Å². The number of nitrogens with zero attached hydrogens (tertiary/aromatic N) is 1. The van der Waals surface area contributed by atoms with E-state index in [9.17, 15) is 9.59 Å². The zero-order chi connectivity index (χ0) is 29.6. The van der Waals surface area contributed by atoms with Crippen molar-refractivity contribution >= 4 is 29.9 Å². The Hall–Kier alpha value is -4.77. The number of unbranched alkanes of at least 4 members (excludes halogenated alkanes) is 5. The molecule has 4 aromatic rings. The molecule has 4 aromatic carbocycles. The average molecular weight is 560 g/mol. The van der Waals surface area contributed by atoms with Gasteiger partial charge < -0.3 is 9.47 Å². The minimum atomic E-state index is -0.511. The van der Waals surface area contributed by atoms with Gasteiger partial charge in [-0.2, -0.15) is 0 Å². The van der Waals surface area contributed by atoms with Crippen LogP contribution in [0.5, 0.6) is 11.5 Å². The molecule has 0 aliphatic rings. The van der Waals surface area contributed by atoms with E-state index in [0.29, 0.717) is 11.1 Å². The van der Waals surface area contributed by atoms with Crippen LogP contribution in [0.25, 0.3) is 6.08 Å². The number of carbonyl (C=O) groups is 2. The molecule has 5 nitrogen and oxygen atoms in total. The fourth-order valence-electron chi connectivity index (χ4n) is 4.40. The third-order valence-corrected chi connectivity index (χ3v) is 6.87. The summed E-state index contributed by atoms with van der Waals surface area (Å²) < 4.78 is 11.0. The quantitative estimate of drug-likeness (QED) is 0.0668. The number of carbonyl (C=O) groups excluding carboxylic acids is 2. The minimum absolute atomic E-state index is 0.276. The van der Waals surface area contributed by atoms with E-state index in [1.165, 1.54) is 50.2 Å². The first kappa shape index (κ1) is 30.2. The van der Waals surface area contributed by atoms with E-state index in [0.717, 1.165) is 23.2 Å². The third kappa shape index (κ3) is 9.41. The molecule has 0 fully saturated rings. The summed E-state index contributed by atoms with van der Waals surface area (Å²) in [5.41, 5.74) is 4.82. The van der Waals surface area contributed by atoms with Crippen molar-refractivity contribution in [1.82, 2.24) is 0 Å². The number of ether oxygens (including phenoxy) is 2. The normalized spacial score (nSPS) is 10.9. The number of rotatable bonds is 14. The lowest BCUT2D eigenvalue weighted by Crippen LogP contribution is -2.10. The number of esters is 2. The van der Waals surface area contributed by atoms with E-state index < -0.39 is 11.9 Å². The monoisotopic (exact) mass is 559 g/mol. The average Bonchev–Trinajstić information content (AvgIpc) is 3.02. The summed E-state index contributed by atoms with van der Waals surface area (Å²) in [6.45, 7) is 5.95. The number of hydrogen-bond acceptors (Lipinski definition) is 5. The van der Waals surface area contributed by atoms with Crippen LogP contribution in [0.3, 0.4) is 0 Å². The van der Waals surface area contributed by atoms with E-state index >= 15 is 0 Å². The Labute approximate surface area is 248 Å². The van der Waals surface area contributed by atoms with Gasteiger partial charge in [0.15, 0.2) is 0 Å². The Morgan fingerprint density at radius 3 is 1.81 bits per heavy atom. The molecular formula is C37H37NO4. The lowest BCUT2D eigenvalue weighted by atomic mass is 10.0. The fraction of sp³-hybridized carbons (Fsp3) is 0.216. The maximum absolute atomic E-state index is 12.7. The van der Waals surface area contributed by atoms with Gasteiger partial charge in [0.1, 0.15) is 11.5 Å². The summed E-state index contributed by atoms with van der Waals surface area (Å²) in [6, 6.07) is 28.8. The van der Waals surface area contributed by atoms with Gasteiger partial charge in [-0.15, -0.1) is 0 Å². The van der Waals surface area contributed by atoms with Gasteiger partial charge in [0.25, 0.3) is 0 Å². The smallest absolute Gasteiger partial charge is 0.343 e. The van der Waals surface area contributed by atoms with Crippen LogP contribution < -0.4 is 9.47 Å². The first-order valence-corrected chi connectivity index (χ1v) is 14.5. The van der Waals surface area contributed by atoms with Gasteiger partial charge >= 0.3 is 11.9 Å². The molecule has 0 bridgehead atoms. The van der Waals surface area contributed by atoms with Crippen molar-refractivity contribution in [2.24, 2.45) is 4.99 Å². The number of aryl methyl sites for hydroxylation is 1. The van der Waals surface area contributed by atoms with Gasteiger partial charge in [0.2, 0.25) is 0 Å². The largest absolute Gasteiger partial charge is 0.423 e. The highest BCUT2D eigenvalue weighted by molar-refractivity contribution is 5.93. The molecule has 0 radical (unpaired) electrons. The Balaban J connectivity index is 1.27. The number of hydrogen-bond donors (Lipinski definition) is 0. The van der Waals surface area contributed by atoms with Gasteiger partial charge in [-0.1, -0.05) is 94.1 Å². The number of aliphatic imine (C=N–C) groups is 1. The van der Waals surface area contributed by atoms with Crippen LogP contribution >= 0.6 is 0 Å². The highest BCUT2D eigenvalue weighted by Crippen LogP contribution is 2.22. The Kier molecular flexibility index (Phi) is 11.4. The predicted molar refractivity (Wildman–Crippen MR) is 170 cm³/mol. The fourth-order valence-corrected chi connectivity index (χ4v) is 4.40. The van der Waals surface area contributed by atoms with Crippen molar-refractivity contribution in [1.29, 1.82) is 0 Å². The zero-order valence-corrected chi connectivity index (χ0v) is 24.1. The molecule has 4 rings (SSSR count). The molecule has 0 aromatic heterocycles. The SMILES string of the molecule is C=Cc1ccc(C(=O)Oc2cccc(OC(=O)c3ccc(C=Nc4ccc(CCCCCCCC)cc4)cc3)c2)cc1. The van der Waals surface area contributed by atoms with Gasteiger partial charge in [0, 0.05) is 12.3 Å². The highest BCUT2D eigenvalue weighted by atomic mass is 16.5. The molecule has 42 heavy (non-hydrogen) atoms.